The van der Waals surface area contributed by atoms with E-state index in [0.717, 1.165) is 49.6 Å². The van der Waals surface area contributed by atoms with Crippen LogP contribution in [-0.2, 0) is 0 Å². The minimum Gasteiger partial charge on any atom is -0.353 e. The van der Waals surface area contributed by atoms with Crippen LogP contribution in [0.3, 0.4) is 0 Å². The summed E-state index contributed by atoms with van der Waals surface area (Å²) in [5, 5.41) is 0. The van der Waals surface area contributed by atoms with Gasteiger partial charge in [-0.05, 0) is 49.2 Å². The number of hydrogen-bond donors (Lipinski definition) is 0. The maximum Gasteiger partial charge on any atom is 0.274 e. The number of anilines is 1. The summed E-state index contributed by atoms with van der Waals surface area (Å²) >= 11 is 0. The van der Waals surface area contributed by atoms with E-state index in [-0.39, 0.29) is 17.7 Å². The molecule has 0 spiro atoms. The van der Waals surface area contributed by atoms with E-state index in [1.165, 1.54) is 0 Å². The summed E-state index contributed by atoms with van der Waals surface area (Å²) in [7, 11) is 0. The van der Waals surface area contributed by atoms with Crippen molar-refractivity contribution in [3.8, 4) is 0 Å². The van der Waals surface area contributed by atoms with Gasteiger partial charge < -0.3 is 19.1 Å². The second kappa shape index (κ2) is 10.0. The first-order valence-corrected chi connectivity index (χ1v) is 13.0. The summed E-state index contributed by atoms with van der Waals surface area (Å²) in [6.07, 6.45) is 5.61. The number of fused-ring (bicyclic) bond motifs is 1. The fourth-order valence-corrected chi connectivity index (χ4v) is 5.47. The Kier molecular flexibility index (Phi) is 6.30. The van der Waals surface area contributed by atoms with E-state index in [9.17, 15) is 9.59 Å². The molecule has 0 radical (unpaired) electrons. The molecule has 2 saturated heterocycles. The van der Waals surface area contributed by atoms with Gasteiger partial charge in [0.2, 0.25) is 0 Å². The standard InChI is InChI=1S/C29H30N6O2/c36-28(22-9-2-1-3-10-22)34-15-8-11-23(21-34)27-31-26(24-12-5-7-16-35(24)27)29(37)33-19-17-32(18-20-33)25-13-4-6-14-30-25/h1-7,9-10,12-14,16,23H,8,11,15,17-21H2/t23-/m0/s1. The third kappa shape index (κ3) is 4.55. The number of piperidine rings is 1. The number of benzene rings is 1. The highest BCUT2D eigenvalue weighted by Gasteiger charge is 2.31. The Bertz CT molecular complexity index is 1400. The summed E-state index contributed by atoms with van der Waals surface area (Å²) in [5.41, 5.74) is 2.02. The first-order valence-electron chi connectivity index (χ1n) is 13.0. The number of imidazole rings is 1. The van der Waals surface area contributed by atoms with Crippen molar-refractivity contribution in [2.24, 2.45) is 0 Å². The van der Waals surface area contributed by atoms with Gasteiger partial charge in [0.05, 0.1) is 5.52 Å². The first-order chi connectivity index (χ1) is 18.2. The van der Waals surface area contributed by atoms with Gasteiger partial charge in [0.25, 0.3) is 11.8 Å². The Morgan fingerprint density at radius 2 is 1.57 bits per heavy atom. The molecule has 0 unspecified atom stereocenters. The van der Waals surface area contributed by atoms with Crippen LogP contribution in [0.25, 0.3) is 5.52 Å². The van der Waals surface area contributed by atoms with E-state index in [1.807, 2.05) is 87.1 Å². The van der Waals surface area contributed by atoms with Gasteiger partial charge in [0, 0.05) is 63.1 Å². The molecular weight excluding hydrogens is 464 g/mol. The van der Waals surface area contributed by atoms with Crippen LogP contribution in [0.2, 0.25) is 0 Å². The lowest BCUT2D eigenvalue weighted by atomic mass is 9.96. The van der Waals surface area contributed by atoms with Crippen LogP contribution in [0, 0.1) is 0 Å². The number of aromatic nitrogens is 3. The number of rotatable bonds is 4. The van der Waals surface area contributed by atoms with E-state index in [2.05, 4.69) is 9.88 Å². The number of piperazine rings is 1. The number of carbonyl (C=O) groups is 2. The van der Waals surface area contributed by atoms with Gasteiger partial charge >= 0.3 is 0 Å². The van der Waals surface area contributed by atoms with E-state index in [0.29, 0.717) is 30.9 Å². The topological polar surface area (TPSA) is 74.1 Å². The zero-order valence-corrected chi connectivity index (χ0v) is 20.7. The van der Waals surface area contributed by atoms with Crippen molar-refractivity contribution in [2.45, 2.75) is 18.8 Å². The smallest absolute Gasteiger partial charge is 0.274 e. The molecule has 0 bridgehead atoms. The molecule has 3 aromatic heterocycles. The molecule has 0 aliphatic carbocycles. The van der Waals surface area contributed by atoms with Crippen LogP contribution < -0.4 is 4.90 Å². The number of likely N-dealkylation sites (tertiary alicyclic amines) is 1. The molecule has 188 valence electrons. The van der Waals surface area contributed by atoms with Gasteiger partial charge in [-0.15, -0.1) is 0 Å². The molecule has 2 aliphatic heterocycles. The van der Waals surface area contributed by atoms with Crippen LogP contribution in [-0.4, -0.2) is 75.3 Å². The second-order valence-electron chi connectivity index (χ2n) is 9.70. The van der Waals surface area contributed by atoms with Gasteiger partial charge in [-0.3, -0.25) is 9.59 Å². The van der Waals surface area contributed by atoms with Gasteiger partial charge in [0.1, 0.15) is 11.6 Å². The molecule has 2 fully saturated rings. The van der Waals surface area contributed by atoms with Gasteiger partial charge in [-0.25, -0.2) is 9.97 Å². The average Bonchev–Trinajstić information content (AvgIpc) is 3.37. The van der Waals surface area contributed by atoms with Gasteiger partial charge in [-0.1, -0.05) is 30.3 Å². The molecule has 37 heavy (non-hydrogen) atoms. The van der Waals surface area contributed by atoms with E-state index in [4.69, 9.17) is 4.98 Å². The molecule has 6 rings (SSSR count). The highest BCUT2D eigenvalue weighted by Crippen LogP contribution is 2.29. The summed E-state index contributed by atoms with van der Waals surface area (Å²) in [6, 6.07) is 21.2. The molecule has 8 heteroatoms. The van der Waals surface area contributed by atoms with Crippen molar-refractivity contribution in [1.82, 2.24) is 24.2 Å². The van der Waals surface area contributed by atoms with Crippen molar-refractivity contribution in [3.05, 3.63) is 96.2 Å². The summed E-state index contributed by atoms with van der Waals surface area (Å²) in [4.78, 5) is 42.2. The summed E-state index contributed by atoms with van der Waals surface area (Å²) in [6.45, 7) is 4.05. The van der Waals surface area contributed by atoms with E-state index >= 15 is 0 Å². The van der Waals surface area contributed by atoms with Gasteiger partial charge in [-0.2, -0.15) is 0 Å². The Morgan fingerprint density at radius 3 is 2.35 bits per heavy atom. The normalized spacial score (nSPS) is 18.3. The van der Waals surface area contributed by atoms with Gasteiger partial charge in [0.15, 0.2) is 5.69 Å². The maximum atomic E-state index is 13.7. The largest absolute Gasteiger partial charge is 0.353 e. The molecule has 8 nitrogen and oxygen atoms in total. The third-order valence-electron chi connectivity index (χ3n) is 7.41. The monoisotopic (exact) mass is 494 g/mol. The lowest BCUT2D eigenvalue weighted by molar-refractivity contribution is 0.0700. The number of pyridine rings is 2. The fraction of sp³-hybridized carbons (Fsp3) is 0.310. The second-order valence-corrected chi connectivity index (χ2v) is 9.70. The minimum atomic E-state index is -0.0383. The first kappa shape index (κ1) is 23.2. The zero-order chi connectivity index (χ0) is 25.2. The predicted molar refractivity (Wildman–Crippen MR) is 142 cm³/mol. The Hall–Kier alpha value is -4.20. The van der Waals surface area contributed by atoms with Crippen LogP contribution in [0.1, 0.15) is 45.4 Å². The lowest BCUT2D eigenvalue weighted by Gasteiger charge is -2.35. The molecule has 5 heterocycles. The zero-order valence-electron chi connectivity index (χ0n) is 20.7. The number of amides is 2. The van der Waals surface area contributed by atoms with Crippen molar-refractivity contribution < 1.29 is 9.59 Å². The quantitative estimate of drug-likeness (QED) is 0.433. The van der Waals surface area contributed by atoms with Crippen LogP contribution >= 0.6 is 0 Å². The average molecular weight is 495 g/mol. The summed E-state index contributed by atoms with van der Waals surface area (Å²) in [5.74, 6) is 1.88. The fourth-order valence-electron chi connectivity index (χ4n) is 5.47. The molecular formula is C29H30N6O2. The van der Waals surface area contributed by atoms with Crippen molar-refractivity contribution >= 4 is 23.1 Å². The van der Waals surface area contributed by atoms with Crippen LogP contribution in [0.5, 0.6) is 0 Å². The van der Waals surface area contributed by atoms with Crippen molar-refractivity contribution in [3.63, 3.8) is 0 Å². The third-order valence-corrected chi connectivity index (χ3v) is 7.41. The lowest BCUT2D eigenvalue weighted by Crippen LogP contribution is -2.49. The Labute approximate surface area is 216 Å². The number of hydrogen-bond acceptors (Lipinski definition) is 5. The van der Waals surface area contributed by atoms with E-state index < -0.39 is 0 Å². The maximum absolute atomic E-state index is 13.7. The predicted octanol–water partition coefficient (Wildman–Crippen LogP) is 3.71. The Balaban J connectivity index is 1.22. The van der Waals surface area contributed by atoms with Crippen LogP contribution in [0.15, 0.2) is 79.1 Å². The Morgan fingerprint density at radius 1 is 0.784 bits per heavy atom. The number of nitrogens with zero attached hydrogens (tertiary/aromatic N) is 6. The molecule has 2 amide bonds. The SMILES string of the molecule is O=C(c1ccccc1)N1CCC[C@H](c2nc(C(=O)N3CCN(c4ccccn4)CC3)c3ccccn23)C1. The number of carbonyl (C=O) groups excluding carboxylic acids is 2. The summed E-state index contributed by atoms with van der Waals surface area (Å²) < 4.78 is 2.04. The van der Waals surface area contributed by atoms with Crippen molar-refractivity contribution in [2.75, 3.05) is 44.2 Å². The highest BCUT2D eigenvalue weighted by molar-refractivity contribution is 5.99. The van der Waals surface area contributed by atoms with Crippen LogP contribution in [0.4, 0.5) is 5.82 Å². The molecule has 4 aromatic rings. The molecule has 0 saturated carbocycles. The molecule has 2 aliphatic rings. The molecule has 1 aromatic carbocycles. The molecule has 1 atom stereocenters. The van der Waals surface area contributed by atoms with E-state index in [1.54, 1.807) is 6.20 Å². The minimum absolute atomic E-state index is 0.0383. The molecule has 0 N–H and O–H groups in total. The highest BCUT2D eigenvalue weighted by atomic mass is 16.2. The van der Waals surface area contributed by atoms with Crippen molar-refractivity contribution in [1.29, 1.82) is 0 Å².